The fourth-order valence-corrected chi connectivity index (χ4v) is 2.66. The molecular weight excluding hydrogens is 236 g/mol. The van der Waals surface area contributed by atoms with E-state index < -0.39 is 0 Å². The predicted octanol–water partition coefficient (Wildman–Crippen LogP) is 2.43. The van der Waals surface area contributed by atoms with Crippen molar-refractivity contribution in [1.29, 1.82) is 0 Å². The molecule has 2 aromatic rings. The highest BCUT2D eigenvalue weighted by Gasteiger charge is 2.26. The molecule has 0 radical (unpaired) electrons. The zero-order valence-electron chi connectivity index (χ0n) is 11.3. The first-order valence-electron chi connectivity index (χ1n) is 6.92. The van der Waals surface area contributed by atoms with Crippen LogP contribution in [0.15, 0.2) is 30.5 Å². The number of piperidine rings is 1. The van der Waals surface area contributed by atoms with Crippen LogP contribution in [0.3, 0.4) is 0 Å². The second-order valence-electron chi connectivity index (χ2n) is 5.69. The molecule has 4 nitrogen and oxygen atoms in total. The summed E-state index contributed by atoms with van der Waals surface area (Å²) in [5, 5.41) is 16.4. The van der Waals surface area contributed by atoms with Crippen LogP contribution in [0.5, 0.6) is 0 Å². The molecule has 1 fully saturated rings. The number of benzene rings is 1. The Morgan fingerprint density at radius 3 is 2.89 bits per heavy atom. The third kappa shape index (κ3) is 2.68. The van der Waals surface area contributed by atoms with Gasteiger partial charge in [0.1, 0.15) is 0 Å². The van der Waals surface area contributed by atoms with Crippen LogP contribution in [0.4, 0.5) is 5.69 Å². The average Bonchev–Trinajstić information content (AvgIpc) is 2.46. The van der Waals surface area contributed by atoms with Crippen LogP contribution in [-0.4, -0.2) is 29.8 Å². The normalized spacial score (nSPS) is 18.4. The lowest BCUT2D eigenvalue weighted by atomic mass is 9.81. The fourth-order valence-electron chi connectivity index (χ4n) is 2.66. The highest BCUT2D eigenvalue weighted by molar-refractivity contribution is 5.90. The van der Waals surface area contributed by atoms with Crippen molar-refractivity contribution < 1.29 is 0 Å². The zero-order chi connectivity index (χ0) is 13.1. The SMILES string of the molecule is CC1(CNc2cnnc3ccccc23)CCNCC1. The quantitative estimate of drug-likeness (QED) is 0.885. The summed E-state index contributed by atoms with van der Waals surface area (Å²) in [6.07, 6.45) is 4.26. The Morgan fingerprint density at radius 1 is 1.26 bits per heavy atom. The lowest BCUT2D eigenvalue weighted by molar-refractivity contribution is 0.247. The molecule has 0 atom stereocenters. The molecule has 0 aliphatic carbocycles. The maximum absolute atomic E-state index is 4.15. The van der Waals surface area contributed by atoms with Gasteiger partial charge in [-0.3, -0.25) is 0 Å². The van der Waals surface area contributed by atoms with E-state index in [9.17, 15) is 0 Å². The molecule has 1 aliphatic rings. The molecule has 0 unspecified atom stereocenters. The van der Waals surface area contributed by atoms with Crippen molar-refractivity contribution in [3.63, 3.8) is 0 Å². The molecule has 19 heavy (non-hydrogen) atoms. The van der Waals surface area contributed by atoms with Crippen LogP contribution in [-0.2, 0) is 0 Å². The number of hydrogen-bond donors (Lipinski definition) is 2. The number of nitrogens with zero attached hydrogens (tertiary/aromatic N) is 2. The molecule has 0 saturated carbocycles. The van der Waals surface area contributed by atoms with Crippen molar-refractivity contribution >= 4 is 16.6 Å². The Hall–Kier alpha value is -1.68. The third-order valence-corrected chi connectivity index (χ3v) is 4.06. The number of hydrogen-bond acceptors (Lipinski definition) is 4. The maximum Gasteiger partial charge on any atom is 0.0950 e. The highest BCUT2D eigenvalue weighted by Crippen LogP contribution is 2.29. The summed E-state index contributed by atoms with van der Waals surface area (Å²) in [5.41, 5.74) is 2.41. The Morgan fingerprint density at radius 2 is 2.05 bits per heavy atom. The first-order chi connectivity index (χ1) is 9.27. The molecule has 3 rings (SSSR count). The Labute approximate surface area is 113 Å². The van der Waals surface area contributed by atoms with Crippen molar-refractivity contribution in [2.75, 3.05) is 25.0 Å². The second kappa shape index (κ2) is 5.13. The molecular formula is C15H20N4. The van der Waals surface area contributed by atoms with Gasteiger partial charge in [-0.2, -0.15) is 10.2 Å². The van der Waals surface area contributed by atoms with Crippen LogP contribution in [0.2, 0.25) is 0 Å². The van der Waals surface area contributed by atoms with Crippen molar-refractivity contribution in [3.05, 3.63) is 30.5 Å². The minimum absolute atomic E-state index is 0.371. The molecule has 1 aliphatic heterocycles. The van der Waals surface area contributed by atoms with Gasteiger partial charge in [-0.25, -0.2) is 0 Å². The Kier molecular flexibility index (Phi) is 3.34. The van der Waals surface area contributed by atoms with Crippen LogP contribution in [0, 0.1) is 5.41 Å². The summed E-state index contributed by atoms with van der Waals surface area (Å²) in [6, 6.07) is 8.13. The van der Waals surface area contributed by atoms with E-state index >= 15 is 0 Å². The molecule has 1 aromatic heterocycles. The van der Waals surface area contributed by atoms with Gasteiger partial charge < -0.3 is 10.6 Å². The van der Waals surface area contributed by atoms with Crippen LogP contribution >= 0.6 is 0 Å². The van der Waals surface area contributed by atoms with Crippen molar-refractivity contribution in [2.24, 2.45) is 5.41 Å². The standard InChI is InChI=1S/C15H20N4/c1-15(6-8-16-9-7-15)11-17-14-10-18-19-13-5-3-2-4-12(13)14/h2-5,10,16H,6-9,11H2,1H3,(H,17,19). The number of fused-ring (bicyclic) bond motifs is 1. The summed E-state index contributed by atoms with van der Waals surface area (Å²) < 4.78 is 0. The van der Waals surface area contributed by atoms with Gasteiger partial charge in [0.05, 0.1) is 17.4 Å². The minimum atomic E-state index is 0.371. The molecule has 0 amide bonds. The summed E-state index contributed by atoms with van der Waals surface area (Å²) in [6.45, 7) is 5.59. The van der Waals surface area contributed by atoms with Crippen LogP contribution in [0.1, 0.15) is 19.8 Å². The topological polar surface area (TPSA) is 49.8 Å². The molecule has 4 heteroatoms. The lowest BCUT2D eigenvalue weighted by Gasteiger charge is -2.34. The number of rotatable bonds is 3. The molecule has 1 saturated heterocycles. The maximum atomic E-state index is 4.15. The second-order valence-corrected chi connectivity index (χ2v) is 5.69. The van der Waals surface area contributed by atoms with Gasteiger partial charge in [-0.1, -0.05) is 25.1 Å². The van der Waals surface area contributed by atoms with Gasteiger partial charge in [0.25, 0.3) is 0 Å². The van der Waals surface area contributed by atoms with E-state index in [0.29, 0.717) is 5.41 Å². The van der Waals surface area contributed by atoms with Crippen molar-refractivity contribution in [1.82, 2.24) is 15.5 Å². The molecule has 100 valence electrons. The van der Waals surface area contributed by atoms with Crippen LogP contribution in [0.25, 0.3) is 10.9 Å². The van der Waals surface area contributed by atoms with E-state index in [1.807, 2.05) is 24.4 Å². The molecule has 0 spiro atoms. The molecule has 2 N–H and O–H groups in total. The van der Waals surface area contributed by atoms with Gasteiger partial charge in [-0.15, -0.1) is 0 Å². The largest absolute Gasteiger partial charge is 0.383 e. The van der Waals surface area contributed by atoms with E-state index in [4.69, 9.17) is 0 Å². The number of anilines is 1. The average molecular weight is 256 g/mol. The van der Waals surface area contributed by atoms with Crippen LogP contribution < -0.4 is 10.6 Å². The molecule has 0 bridgehead atoms. The Bertz CT molecular complexity index is 556. The fraction of sp³-hybridized carbons (Fsp3) is 0.467. The van der Waals surface area contributed by atoms with E-state index in [0.717, 1.165) is 36.2 Å². The molecule has 1 aromatic carbocycles. The van der Waals surface area contributed by atoms with E-state index in [-0.39, 0.29) is 0 Å². The van der Waals surface area contributed by atoms with Gasteiger partial charge >= 0.3 is 0 Å². The van der Waals surface area contributed by atoms with Gasteiger partial charge in [0.15, 0.2) is 0 Å². The highest BCUT2D eigenvalue weighted by atomic mass is 15.1. The third-order valence-electron chi connectivity index (χ3n) is 4.06. The summed E-state index contributed by atoms with van der Waals surface area (Å²) >= 11 is 0. The molecule has 2 heterocycles. The smallest absolute Gasteiger partial charge is 0.0950 e. The number of aromatic nitrogens is 2. The summed E-state index contributed by atoms with van der Waals surface area (Å²) in [7, 11) is 0. The summed E-state index contributed by atoms with van der Waals surface area (Å²) in [5.74, 6) is 0. The van der Waals surface area contributed by atoms with Gasteiger partial charge in [0.2, 0.25) is 0 Å². The Balaban J connectivity index is 1.78. The zero-order valence-corrected chi connectivity index (χ0v) is 11.3. The lowest BCUT2D eigenvalue weighted by Crippen LogP contribution is -2.39. The number of nitrogens with one attached hydrogen (secondary N) is 2. The first-order valence-corrected chi connectivity index (χ1v) is 6.92. The van der Waals surface area contributed by atoms with E-state index in [1.54, 1.807) is 0 Å². The van der Waals surface area contributed by atoms with E-state index in [2.05, 4.69) is 33.8 Å². The summed E-state index contributed by atoms with van der Waals surface area (Å²) in [4.78, 5) is 0. The van der Waals surface area contributed by atoms with Gasteiger partial charge in [-0.05, 0) is 37.4 Å². The first kappa shape index (κ1) is 12.4. The predicted molar refractivity (Wildman–Crippen MR) is 78.2 cm³/mol. The van der Waals surface area contributed by atoms with Crippen molar-refractivity contribution in [2.45, 2.75) is 19.8 Å². The minimum Gasteiger partial charge on any atom is -0.383 e. The van der Waals surface area contributed by atoms with Crippen molar-refractivity contribution in [3.8, 4) is 0 Å². The van der Waals surface area contributed by atoms with Gasteiger partial charge in [0, 0.05) is 11.9 Å². The van der Waals surface area contributed by atoms with E-state index in [1.165, 1.54) is 12.8 Å². The monoisotopic (exact) mass is 256 g/mol.